The van der Waals surface area contributed by atoms with Crippen molar-refractivity contribution in [1.29, 1.82) is 0 Å². The Bertz CT molecular complexity index is 995. The summed E-state index contributed by atoms with van der Waals surface area (Å²) in [6.45, 7) is 1.94. The summed E-state index contributed by atoms with van der Waals surface area (Å²) >= 11 is 0. The van der Waals surface area contributed by atoms with Gasteiger partial charge in [0.1, 0.15) is 0 Å². The Balaban J connectivity index is 1.68. The third-order valence-corrected chi connectivity index (χ3v) is 6.14. The van der Waals surface area contributed by atoms with Crippen LogP contribution < -0.4 is 9.62 Å². The van der Waals surface area contributed by atoms with Crippen molar-refractivity contribution in [1.82, 2.24) is 0 Å². The highest BCUT2D eigenvalue weighted by atomic mass is 32.2. The molecule has 0 aromatic heterocycles. The molecule has 6 nitrogen and oxygen atoms in total. The van der Waals surface area contributed by atoms with Gasteiger partial charge in [-0.15, -0.1) is 0 Å². The number of carbonyl (C=O) groups is 2. The second-order valence-electron chi connectivity index (χ2n) is 6.26. The zero-order chi connectivity index (χ0) is 19.4. The Morgan fingerprint density at radius 3 is 2.41 bits per heavy atom. The zero-order valence-corrected chi connectivity index (χ0v) is 15.7. The van der Waals surface area contributed by atoms with Crippen LogP contribution in [-0.4, -0.2) is 32.4 Å². The molecule has 1 fully saturated rings. The summed E-state index contributed by atoms with van der Waals surface area (Å²) < 4.78 is 25.3. The summed E-state index contributed by atoms with van der Waals surface area (Å²) in [7, 11) is -3.20. The molecule has 0 spiro atoms. The van der Waals surface area contributed by atoms with Crippen molar-refractivity contribution >= 4 is 39.2 Å². The first kappa shape index (κ1) is 18.8. The maximum absolute atomic E-state index is 12.1. The van der Waals surface area contributed by atoms with Crippen molar-refractivity contribution in [2.75, 3.05) is 21.9 Å². The van der Waals surface area contributed by atoms with Crippen molar-refractivity contribution < 1.29 is 18.0 Å². The van der Waals surface area contributed by atoms with E-state index in [9.17, 15) is 18.0 Å². The van der Waals surface area contributed by atoms with Gasteiger partial charge in [-0.3, -0.25) is 13.9 Å². The number of Topliss-reactive ketones (excluding diaryl/α,β-unsaturated/α-hetero) is 1. The molecular weight excluding hydrogens is 364 g/mol. The first-order valence-electron chi connectivity index (χ1n) is 8.56. The first-order chi connectivity index (χ1) is 12.9. The van der Waals surface area contributed by atoms with Crippen molar-refractivity contribution in [2.24, 2.45) is 0 Å². The van der Waals surface area contributed by atoms with Crippen LogP contribution in [0.2, 0.25) is 0 Å². The van der Waals surface area contributed by atoms with E-state index in [-0.39, 0.29) is 17.4 Å². The van der Waals surface area contributed by atoms with Gasteiger partial charge in [-0.1, -0.05) is 24.3 Å². The van der Waals surface area contributed by atoms with E-state index in [1.165, 1.54) is 17.3 Å². The summed E-state index contributed by atoms with van der Waals surface area (Å²) in [5.74, 6) is -0.298. The fourth-order valence-electron chi connectivity index (χ4n) is 2.93. The van der Waals surface area contributed by atoms with Crippen LogP contribution >= 0.6 is 0 Å². The number of rotatable bonds is 5. The molecule has 1 saturated heterocycles. The fourth-order valence-corrected chi connectivity index (χ4v) is 4.49. The molecule has 0 aliphatic carbocycles. The zero-order valence-electron chi connectivity index (χ0n) is 14.9. The molecule has 0 unspecified atom stereocenters. The lowest BCUT2D eigenvalue weighted by molar-refractivity contribution is -0.111. The monoisotopic (exact) mass is 384 g/mol. The van der Waals surface area contributed by atoms with Gasteiger partial charge in [-0.25, -0.2) is 8.42 Å². The van der Waals surface area contributed by atoms with Crippen LogP contribution in [-0.2, 0) is 14.8 Å². The predicted octanol–water partition coefficient (Wildman–Crippen LogP) is 3.08. The maximum Gasteiger partial charge on any atom is 0.248 e. The molecule has 1 amide bonds. The molecule has 0 atom stereocenters. The molecule has 3 rings (SSSR count). The van der Waals surface area contributed by atoms with Crippen molar-refractivity contribution in [2.45, 2.75) is 13.3 Å². The average Bonchev–Trinajstić information content (AvgIpc) is 3.00. The van der Waals surface area contributed by atoms with Crippen LogP contribution in [0, 0.1) is 0 Å². The molecule has 7 heteroatoms. The molecule has 0 bridgehead atoms. The Kier molecular flexibility index (Phi) is 5.41. The molecule has 0 radical (unpaired) electrons. The van der Waals surface area contributed by atoms with Crippen LogP contribution in [0.3, 0.4) is 0 Å². The Labute approximate surface area is 158 Å². The molecule has 2 aromatic rings. The number of nitrogens with one attached hydrogen (secondary N) is 1. The Morgan fingerprint density at radius 1 is 1.07 bits per heavy atom. The smallest absolute Gasteiger partial charge is 0.248 e. The largest absolute Gasteiger partial charge is 0.322 e. The number of nitrogens with zero attached hydrogens (tertiary/aromatic N) is 1. The van der Waals surface area contributed by atoms with E-state index >= 15 is 0 Å². The standard InChI is InChI=1S/C20H20N2O4S/c1-15(23)18-5-2-3-6-19(18)21-20(24)12-9-16-7-10-17(11-8-16)22-13-4-14-27(22,25)26/h2-3,5-12H,4,13-14H2,1H3,(H,21,24)/b12-9+. The number of carbonyl (C=O) groups excluding carboxylic acids is 2. The predicted molar refractivity (Wildman–Crippen MR) is 106 cm³/mol. The van der Waals surface area contributed by atoms with E-state index in [0.29, 0.717) is 29.9 Å². The van der Waals surface area contributed by atoms with Crippen LogP contribution in [0.15, 0.2) is 54.6 Å². The fraction of sp³-hybridized carbons (Fsp3) is 0.200. The SMILES string of the molecule is CC(=O)c1ccccc1NC(=O)/C=C/c1ccc(N2CCCS2(=O)=O)cc1. The third kappa shape index (κ3) is 4.43. The van der Waals surface area contributed by atoms with Gasteiger partial charge in [0.25, 0.3) is 0 Å². The molecule has 1 aliphatic heterocycles. The molecule has 27 heavy (non-hydrogen) atoms. The van der Waals surface area contributed by atoms with Crippen molar-refractivity contribution in [3.63, 3.8) is 0 Å². The van der Waals surface area contributed by atoms with Gasteiger partial charge < -0.3 is 5.32 Å². The molecule has 0 saturated carbocycles. The van der Waals surface area contributed by atoms with E-state index in [1.807, 2.05) is 0 Å². The highest BCUT2D eigenvalue weighted by Gasteiger charge is 2.28. The van der Waals surface area contributed by atoms with Crippen LogP contribution in [0.25, 0.3) is 6.08 Å². The number of hydrogen-bond acceptors (Lipinski definition) is 4. The van der Waals surface area contributed by atoms with E-state index < -0.39 is 10.0 Å². The number of para-hydroxylation sites is 1. The van der Waals surface area contributed by atoms with Gasteiger partial charge in [-0.05, 0) is 49.2 Å². The normalized spacial score (nSPS) is 15.8. The lowest BCUT2D eigenvalue weighted by Gasteiger charge is -2.16. The van der Waals surface area contributed by atoms with Gasteiger partial charge in [0.2, 0.25) is 15.9 Å². The molecule has 140 valence electrons. The Hall–Kier alpha value is -2.93. The van der Waals surface area contributed by atoms with Crippen LogP contribution in [0.4, 0.5) is 11.4 Å². The van der Waals surface area contributed by atoms with Gasteiger partial charge in [0.15, 0.2) is 5.78 Å². The number of hydrogen-bond donors (Lipinski definition) is 1. The van der Waals surface area contributed by atoms with E-state index in [0.717, 1.165) is 5.56 Å². The Morgan fingerprint density at radius 2 is 1.78 bits per heavy atom. The maximum atomic E-state index is 12.1. The van der Waals surface area contributed by atoms with Crippen molar-refractivity contribution in [3.05, 3.63) is 65.7 Å². The summed E-state index contributed by atoms with van der Waals surface area (Å²) in [5, 5.41) is 2.69. The summed E-state index contributed by atoms with van der Waals surface area (Å²) in [5.41, 5.74) is 2.32. The van der Waals surface area contributed by atoms with E-state index in [4.69, 9.17) is 0 Å². The number of anilines is 2. The molecule has 1 heterocycles. The van der Waals surface area contributed by atoms with Gasteiger partial charge >= 0.3 is 0 Å². The van der Waals surface area contributed by atoms with Gasteiger partial charge in [0.05, 0.1) is 17.1 Å². The van der Waals surface area contributed by atoms with E-state index in [1.54, 1.807) is 54.6 Å². The highest BCUT2D eigenvalue weighted by Crippen LogP contribution is 2.24. The summed E-state index contributed by atoms with van der Waals surface area (Å²) in [6.07, 6.45) is 3.64. The average molecular weight is 384 g/mol. The lowest BCUT2D eigenvalue weighted by Crippen LogP contribution is -2.24. The third-order valence-electron chi connectivity index (χ3n) is 4.27. The van der Waals surface area contributed by atoms with E-state index in [2.05, 4.69) is 5.32 Å². The van der Waals surface area contributed by atoms with Crippen LogP contribution in [0.5, 0.6) is 0 Å². The van der Waals surface area contributed by atoms with Crippen LogP contribution in [0.1, 0.15) is 29.3 Å². The second-order valence-corrected chi connectivity index (χ2v) is 8.27. The number of benzene rings is 2. The number of sulfonamides is 1. The van der Waals surface area contributed by atoms with Gasteiger partial charge in [-0.2, -0.15) is 0 Å². The van der Waals surface area contributed by atoms with Crippen molar-refractivity contribution in [3.8, 4) is 0 Å². The number of ketones is 1. The molecule has 1 N–H and O–H groups in total. The highest BCUT2D eigenvalue weighted by molar-refractivity contribution is 7.93. The molecular formula is C20H20N2O4S. The topological polar surface area (TPSA) is 83.6 Å². The minimum absolute atomic E-state index is 0.123. The first-order valence-corrected chi connectivity index (χ1v) is 10.2. The number of amides is 1. The second kappa shape index (κ2) is 7.75. The summed E-state index contributed by atoms with van der Waals surface area (Å²) in [6, 6.07) is 13.8. The molecule has 2 aromatic carbocycles. The lowest BCUT2D eigenvalue weighted by atomic mass is 10.1. The van der Waals surface area contributed by atoms with Gasteiger partial charge in [0, 0.05) is 18.2 Å². The quantitative estimate of drug-likeness (QED) is 0.634. The minimum Gasteiger partial charge on any atom is -0.322 e. The summed E-state index contributed by atoms with van der Waals surface area (Å²) in [4.78, 5) is 23.7. The molecule has 1 aliphatic rings. The minimum atomic E-state index is -3.20.